The van der Waals surface area contributed by atoms with Crippen LogP contribution in [0.25, 0.3) is 0 Å². The van der Waals surface area contributed by atoms with Gasteiger partial charge in [-0.25, -0.2) is 19.4 Å². The van der Waals surface area contributed by atoms with E-state index in [1.807, 2.05) is 0 Å². The number of hydrogen-bond acceptors (Lipinski definition) is 5. The van der Waals surface area contributed by atoms with E-state index in [4.69, 9.17) is 9.78 Å². The fourth-order valence-electron chi connectivity index (χ4n) is 5.35. The highest BCUT2D eigenvalue weighted by Gasteiger charge is 2.25. The summed E-state index contributed by atoms with van der Waals surface area (Å²) < 4.78 is 0. The van der Waals surface area contributed by atoms with Crippen LogP contribution in [0.2, 0.25) is 0 Å². The Kier molecular flexibility index (Phi) is 21.3. The molecule has 0 heterocycles. The van der Waals surface area contributed by atoms with E-state index in [1.165, 1.54) is 77.0 Å². The van der Waals surface area contributed by atoms with Crippen LogP contribution >= 0.6 is 0 Å². The minimum atomic E-state index is -0.577. The maximum Gasteiger partial charge on any atom is 0.362 e. The zero-order chi connectivity index (χ0) is 29.4. The molecule has 0 bridgehead atoms. The van der Waals surface area contributed by atoms with Crippen LogP contribution in [0.15, 0.2) is 12.1 Å². The van der Waals surface area contributed by atoms with Gasteiger partial charge in [-0.05, 0) is 61.8 Å². The highest BCUT2D eigenvalue weighted by atomic mass is 17.2. The lowest BCUT2D eigenvalue weighted by atomic mass is 9.87. The van der Waals surface area contributed by atoms with E-state index in [0.717, 1.165) is 74.5 Å². The average Bonchev–Trinajstić information content (AvgIpc) is 2.95. The molecular weight excluding hydrogens is 500 g/mol. The van der Waals surface area contributed by atoms with Crippen molar-refractivity contribution in [2.45, 2.75) is 175 Å². The number of carbonyl (C=O) groups is 2. The molecule has 1 atom stereocenters. The molecule has 5 nitrogen and oxygen atoms in total. The number of rotatable bonds is 24. The Balaban J connectivity index is 2.25. The first-order chi connectivity index (χ1) is 19.5. The fraction of sp³-hybridized carbons (Fsp3) is 0.771. The van der Waals surface area contributed by atoms with Gasteiger partial charge in [0.15, 0.2) is 0 Å². The van der Waals surface area contributed by atoms with Crippen molar-refractivity contribution < 1.29 is 24.5 Å². The molecule has 1 N–H and O–H groups in total. The number of unbranched alkanes of at least 4 members (excludes halogenated alkanes) is 16. The summed E-state index contributed by atoms with van der Waals surface area (Å²) in [6.07, 6.45) is 24.9. The Bertz CT molecular complexity index is 803. The van der Waals surface area contributed by atoms with Crippen LogP contribution < -0.4 is 0 Å². The molecule has 40 heavy (non-hydrogen) atoms. The van der Waals surface area contributed by atoms with E-state index in [0.29, 0.717) is 5.75 Å². The molecule has 5 heteroatoms. The van der Waals surface area contributed by atoms with Gasteiger partial charge in [-0.2, -0.15) is 0 Å². The van der Waals surface area contributed by atoms with Crippen LogP contribution in [0.5, 0.6) is 5.75 Å². The van der Waals surface area contributed by atoms with Crippen LogP contribution in [0, 0.1) is 0 Å². The molecule has 1 aromatic carbocycles. The van der Waals surface area contributed by atoms with Gasteiger partial charge in [0.05, 0.1) is 12.3 Å². The molecule has 0 saturated heterocycles. The Morgan fingerprint density at radius 2 is 1.07 bits per heavy atom. The molecule has 0 aliphatic rings. The van der Waals surface area contributed by atoms with E-state index in [2.05, 4.69) is 20.8 Å². The summed E-state index contributed by atoms with van der Waals surface area (Å²) in [4.78, 5) is 34.7. The van der Waals surface area contributed by atoms with Crippen molar-refractivity contribution in [1.82, 2.24) is 0 Å². The third-order valence-corrected chi connectivity index (χ3v) is 8.02. The van der Waals surface area contributed by atoms with Crippen LogP contribution in [0.1, 0.15) is 179 Å². The minimum absolute atomic E-state index is 0.266. The quantitative estimate of drug-likeness (QED) is 0.0773. The van der Waals surface area contributed by atoms with Gasteiger partial charge in [0.2, 0.25) is 0 Å². The smallest absolute Gasteiger partial charge is 0.362 e. The first kappa shape index (κ1) is 36.0. The highest BCUT2D eigenvalue weighted by Crippen LogP contribution is 2.32. The number of phenolic OH excluding ortho intramolecular Hbond substituents is 1. The van der Waals surface area contributed by atoms with Crippen LogP contribution in [-0.4, -0.2) is 17.0 Å². The molecule has 0 aliphatic heterocycles. The van der Waals surface area contributed by atoms with Gasteiger partial charge in [0.1, 0.15) is 5.75 Å². The fourth-order valence-corrected chi connectivity index (χ4v) is 5.35. The normalized spacial score (nSPS) is 11.9. The molecule has 0 spiro atoms. The van der Waals surface area contributed by atoms with E-state index in [1.54, 1.807) is 19.1 Å². The van der Waals surface area contributed by atoms with Crippen LogP contribution in [0.4, 0.5) is 0 Å². The Morgan fingerprint density at radius 3 is 1.57 bits per heavy atom. The summed E-state index contributed by atoms with van der Waals surface area (Å²) in [6, 6.07) is 3.47. The number of phenols is 1. The van der Waals surface area contributed by atoms with Crippen molar-refractivity contribution in [3.8, 4) is 5.75 Å². The second-order valence-electron chi connectivity index (χ2n) is 11.6. The van der Waals surface area contributed by atoms with Crippen molar-refractivity contribution in [3.05, 3.63) is 28.8 Å². The van der Waals surface area contributed by atoms with E-state index in [9.17, 15) is 14.7 Å². The van der Waals surface area contributed by atoms with E-state index >= 15 is 0 Å². The molecule has 0 amide bonds. The molecule has 0 aromatic heterocycles. The van der Waals surface area contributed by atoms with Crippen molar-refractivity contribution in [1.29, 1.82) is 0 Å². The van der Waals surface area contributed by atoms with Gasteiger partial charge in [0, 0.05) is 0 Å². The summed E-state index contributed by atoms with van der Waals surface area (Å²) in [7, 11) is 0. The lowest BCUT2D eigenvalue weighted by molar-refractivity contribution is -0.260. The minimum Gasteiger partial charge on any atom is -0.508 e. The number of benzene rings is 1. The SMILES string of the molecule is CCCCCCCCCCCCCCCCCC(=O)OOC(=O)C(C)c1ccc(O)c(CCCC)c1CCCC. The molecule has 0 aliphatic carbocycles. The predicted molar refractivity (Wildman–Crippen MR) is 165 cm³/mol. The van der Waals surface area contributed by atoms with Gasteiger partial charge in [-0.1, -0.05) is 130 Å². The number of carbonyl (C=O) groups excluding carboxylic acids is 2. The molecule has 0 saturated carbocycles. The van der Waals surface area contributed by atoms with Gasteiger partial charge in [0.25, 0.3) is 0 Å². The number of hydrogen-bond donors (Lipinski definition) is 1. The van der Waals surface area contributed by atoms with E-state index in [-0.39, 0.29) is 6.42 Å². The van der Waals surface area contributed by atoms with Crippen LogP contribution in [-0.2, 0) is 32.2 Å². The number of aromatic hydroxyl groups is 1. The molecule has 1 unspecified atom stereocenters. The Morgan fingerprint density at radius 1 is 0.625 bits per heavy atom. The molecule has 230 valence electrons. The first-order valence-corrected chi connectivity index (χ1v) is 16.7. The predicted octanol–water partition coefficient (Wildman–Crippen LogP) is 10.4. The molecule has 1 aromatic rings. The second kappa shape index (κ2) is 23.6. The lowest BCUT2D eigenvalue weighted by Gasteiger charge is -2.19. The first-order valence-electron chi connectivity index (χ1n) is 16.7. The summed E-state index contributed by atoms with van der Waals surface area (Å²) >= 11 is 0. The largest absolute Gasteiger partial charge is 0.508 e. The van der Waals surface area contributed by atoms with Gasteiger partial charge in [-0.3, -0.25) is 0 Å². The maximum atomic E-state index is 12.7. The summed E-state index contributed by atoms with van der Waals surface area (Å²) in [5.41, 5.74) is 2.81. The molecule has 0 fully saturated rings. The highest BCUT2D eigenvalue weighted by molar-refractivity contribution is 5.79. The monoisotopic (exact) mass is 560 g/mol. The van der Waals surface area contributed by atoms with Gasteiger partial charge >= 0.3 is 11.9 Å². The standard InChI is InChI=1S/C35H60O5/c1-5-8-11-12-13-14-15-16-17-18-19-20-21-22-23-26-34(37)39-40-35(38)29(4)30-27-28-33(36)32(25-10-7-3)31(30)24-9-6-2/h27-29,36H,5-26H2,1-4H3. The third kappa shape index (κ3) is 15.7. The Labute approximate surface area is 245 Å². The average molecular weight is 561 g/mol. The maximum absolute atomic E-state index is 12.7. The zero-order valence-corrected chi connectivity index (χ0v) is 26.4. The summed E-state index contributed by atoms with van der Waals surface area (Å²) in [6.45, 7) is 8.29. The van der Waals surface area contributed by atoms with Gasteiger partial charge < -0.3 is 5.11 Å². The third-order valence-electron chi connectivity index (χ3n) is 8.02. The van der Waals surface area contributed by atoms with Gasteiger partial charge in [-0.15, -0.1) is 0 Å². The van der Waals surface area contributed by atoms with E-state index < -0.39 is 17.9 Å². The van der Waals surface area contributed by atoms with Crippen molar-refractivity contribution in [3.63, 3.8) is 0 Å². The summed E-state index contributed by atoms with van der Waals surface area (Å²) in [5, 5.41) is 10.5. The van der Waals surface area contributed by atoms with Crippen molar-refractivity contribution in [2.75, 3.05) is 0 Å². The summed E-state index contributed by atoms with van der Waals surface area (Å²) in [5.74, 6) is -1.35. The van der Waals surface area contributed by atoms with Crippen LogP contribution in [0.3, 0.4) is 0 Å². The molecular formula is C35H60O5. The second-order valence-corrected chi connectivity index (χ2v) is 11.6. The molecule has 0 radical (unpaired) electrons. The zero-order valence-electron chi connectivity index (χ0n) is 26.4. The lowest BCUT2D eigenvalue weighted by Crippen LogP contribution is -2.18. The molecule has 1 rings (SSSR count). The Hall–Kier alpha value is -2.04. The topological polar surface area (TPSA) is 72.8 Å². The van der Waals surface area contributed by atoms with Crippen molar-refractivity contribution >= 4 is 11.9 Å². The van der Waals surface area contributed by atoms with Crippen molar-refractivity contribution in [2.24, 2.45) is 0 Å².